The summed E-state index contributed by atoms with van der Waals surface area (Å²) in [5, 5.41) is 11.2. The number of hydrogen-bond donors (Lipinski definition) is 1. The number of fused-ring (bicyclic) bond motifs is 1. The Hall–Kier alpha value is -2.60. The molecule has 138 valence electrons. The van der Waals surface area contributed by atoms with Crippen LogP contribution in [-0.2, 0) is 14.3 Å². The number of nitrogens with zero attached hydrogens (tertiary/aromatic N) is 1. The molecule has 0 aromatic heterocycles. The summed E-state index contributed by atoms with van der Waals surface area (Å²) in [5.41, 5.74) is 0.910. The standard InChI is InChI=1S/C20H23NO5/c1-13(20(24)21-7-8-26-12-17(21)11-19(22)23)14-3-4-16-10-18(25-2)6-5-15(16)9-14/h3-6,9-10,13,17H,7-8,11-12H2,1-2H3,(H,22,23). The zero-order valence-electron chi connectivity index (χ0n) is 15.0. The lowest BCUT2D eigenvalue weighted by Crippen LogP contribution is -2.50. The smallest absolute Gasteiger partial charge is 0.305 e. The Kier molecular flexibility index (Phi) is 5.42. The first-order valence-electron chi connectivity index (χ1n) is 8.67. The van der Waals surface area contributed by atoms with Crippen LogP contribution < -0.4 is 4.74 Å². The van der Waals surface area contributed by atoms with Gasteiger partial charge in [-0.1, -0.05) is 24.3 Å². The van der Waals surface area contributed by atoms with E-state index in [4.69, 9.17) is 14.6 Å². The molecule has 26 heavy (non-hydrogen) atoms. The molecule has 2 unspecified atom stereocenters. The molecule has 1 amide bonds. The number of carboxylic acid groups (broad SMARTS) is 1. The Morgan fingerprint density at radius 1 is 1.27 bits per heavy atom. The fraction of sp³-hybridized carbons (Fsp3) is 0.400. The first-order chi connectivity index (χ1) is 12.5. The molecule has 1 saturated heterocycles. The molecule has 0 radical (unpaired) electrons. The summed E-state index contributed by atoms with van der Waals surface area (Å²) < 4.78 is 10.6. The van der Waals surface area contributed by atoms with E-state index in [1.54, 1.807) is 12.0 Å². The van der Waals surface area contributed by atoms with Gasteiger partial charge in [0.05, 0.1) is 38.7 Å². The van der Waals surface area contributed by atoms with E-state index in [2.05, 4.69) is 0 Å². The van der Waals surface area contributed by atoms with Crippen molar-refractivity contribution < 1.29 is 24.2 Å². The molecule has 2 aromatic rings. The predicted octanol–water partition coefficient (Wildman–Crippen LogP) is 2.65. The molecule has 2 atom stereocenters. The van der Waals surface area contributed by atoms with Crippen molar-refractivity contribution in [2.75, 3.05) is 26.9 Å². The van der Waals surface area contributed by atoms with E-state index in [0.29, 0.717) is 13.2 Å². The first kappa shape index (κ1) is 18.2. The van der Waals surface area contributed by atoms with Gasteiger partial charge in [-0.15, -0.1) is 0 Å². The van der Waals surface area contributed by atoms with Crippen LogP contribution in [0, 0.1) is 0 Å². The molecule has 6 heteroatoms. The Balaban J connectivity index is 1.82. The van der Waals surface area contributed by atoms with Gasteiger partial charge in [-0.25, -0.2) is 0 Å². The third kappa shape index (κ3) is 3.80. The fourth-order valence-corrected chi connectivity index (χ4v) is 3.35. The first-order valence-corrected chi connectivity index (χ1v) is 8.67. The van der Waals surface area contributed by atoms with Gasteiger partial charge in [0.1, 0.15) is 5.75 Å². The number of carbonyl (C=O) groups excluding carboxylic acids is 1. The molecule has 1 heterocycles. The molecule has 3 rings (SSSR count). The number of hydrogen-bond acceptors (Lipinski definition) is 4. The number of benzene rings is 2. The van der Waals surface area contributed by atoms with Crippen molar-refractivity contribution in [1.82, 2.24) is 4.90 Å². The van der Waals surface area contributed by atoms with Crippen molar-refractivity contribution in [3.8, 4) is 5.75 Å². The minimum absolute atomic E-state index is 0.0626. The number of morpholine rings is 1. The Morgan fingerprint density at radius 3 is 2.73 bits per heavy atom. The number of carbonyl (C=O) groups is 2. The van der Waals surface area contributed by atoms with Gasteiger partial charge in [0.25, 0.3) is 0 Å². The average Bonchev–Trinajstić information content (AvgIpc) is 2.66. The molecule has 2 aromatic carbocycles. The summed E-state index contributed by atoms with van der Waals surface area (Å²) in [7, 11) is 1.63. The van der Waals surface area contributed by atoms with Crippen LogP contribution in [0.4, 0.5) is 0 Å². The van der Waals surface area contributed by atoms with E-state index in [0.717, 1.165) is 22.1 Å². The molecule has 1 fully saturated rings. The molecule has 0 bridgehead atoms. The van der Waals surface area contributed by atoms with Gasteiger partial charge in [0.15, 0.2) is 0 Å². The van der Waals surface area contributed by atoms with E-state index in [9.17, 15) is 9.59 Å². The second kappa shape index (κ2) is 7.74. The highest BCUT2D eigenvalue weighted by Crippen LogP contribution is 2.27. The number of methoxy groups -OCH3 is 1. The Bertz CT molecular complexity index is 819. The van der Waals surface area contributed by atoms with Crippen molar-refractivity contribution in [3.05, 3.63) is 42.0 Å². The van der Waals surface area contributed by atoms with Crippen molar-refractivity contribution in [2.45, 2.75) is 25.3 Å². The molecule has 0 saturated carbocycles. The number of aliphatic carboxylic acids is 1. The summed E-state index contributed by atoms with van der Waals surface area (Å²) in [6, 6.07) is 11.3. The third-order valence-corrected chi connectivity index (χ3v) is 4.86. The topological polar surface area (TPSA) is 76.1 Å². The van der Waals surface area contributed by atoms with Crippen LogP contribution in [-0.4, -0.2) is 54.8 Å². The summed E-state index contributed by atoms with van der Waals surface area (Å²) >= 11 is 0. The molecular weight excluding hydrogens is 334 g/mol. The van der Waals surface area contributed by atoms with Crippen LogP contribution in [0.5, 0.6) is 5.75 Å². The van der Waals surface area contributed by atoms with Crippen LogP contribution in [0.15, 0.2) is 36.4 Å². The van der Waals surface area contributed by atoms with Crippen LogP contribution in [0.3, 0.4) is 0 Å². The summed E-state index contributed by atoms with van der Waals surface area (Å²) in [6.45, 7) is 2.99. The summed E-state index contributed by atoms with van der Waals surface area (Å²) in [6.07, 6.45) is -0.101. The van der Waals surface area contributed by atoms with E-state index < -0.39 is 12.0 Å². The van der Waals surface area contributed by atoms with Gasteiger partial charge >= 0.3 is 5.97 Å². The van der Waals surface area contributed by atoms with Gasteiger partial charge in [-0.3, -0.25) is 9.59 Å². The number of amides is 1. The van der Waals surface area contributed by atoms with Gasteiger partial charge in [0, 0.05) is 6.54 Å². The third-order valence-electron chi connectivity index (χ3n) is 4.86. The molecule has 1 aliphatic heterocycles. The van der Waals surface area contributed by atoms with Crippen molar-refractivity contribution in [2.24, 2.45) is 0 Å². The molecule has 0 spiro atoms. The highest BCUT2D eigenvalue weighted by molar-refractivity contribution is 5.88. The summed E-state index contributed by atoms with van der Waals surface area (Å²) in [5.74, 6) is -0.548. The number of ether oxygens (including phenoxy) is 2. The molecule has 0 aliphatic carbocycles. The number of carboxylic acids is 1. The highest BCUT2D eigenvalue weighted by atomic mass is 16.5. The lowest BCUT2D eigenvalue weighted by atomic mass is 9.95. The second-order valence-corrected chi connectivity index (χ2v) is 6.55. The molecule has 6 nitrogen and oxygen atoms in total. The monoisotopic (exact) mass is 357 g/mol. The van der Waals surface area contributed by atoms with Crippen LogP contribution in [0.25, 0.3) is 10.8 Å². The Labute approximate surface area is 152 Å². The molecular formula is C20H23NO5. The SMILES string of the molecule is COc1ccc2cc(C(C)C(=O)N3CCOCC3CC(=O)O)ccc2c1. The van der Waals surface area contributed by atoms with Gasteiger partial charge < -0.3 is 19.5 Å². The quantitative estimate of drug-likeness (QED) is 0.890. The van der Waals surface area contributed by atoms with Crippen molar-refractivity contribution in [1.29, 1.82) is 0 Å². The Morgan fingerprint density at radius 2 is 2.00 bits per heavy atom. The zero-order chi connectivity index (χ0) is 18.7. The van der Waals surface area contributed by atoms with Gasteiger partial charge in [-0.05, 0) is 35.4 Å². The highest BCUT2D eigenvalue weighted by Gasteiger charge is 2.32. The largest absolute Gasteiger partial charge is 0.497 e. The summed E-state index contributed by atoms with van der Waals surface area (Å²) in [4.78, 5) is 25.7. The van der Waals surface area contributed by atoms with E-state index >= 15 is 0 Å². The number of rotatable bonds is 5. The lowest BCUT2D eigenvalue weighted by molar-refractivity contribution is -0.147. The second-order valence-electron chi connectivity index (χ2n) is 6.55. The average molecular weight is 357 g/mol. The van der Waals surface area contributed by atoms with Gasteiger partial charge in [-0.2, -0.15) is 0 Å². The van der Waals surface area contributed by atoms with Crippen LogP contribution >= 0.6 is 0 Å². The van der Waals surface area contributed by atoms with Crippen molar-refractivity contribution >= 4 is 22.6 Å². The van der Waals surface area contributed by atoms with Crippen LogP contribution in [0.2, 0.25) is 0 Å². The molecule has 1 aliphatic rings. The van der Waals surface area contributed by atoms with Gasteiger partial charge in [0.2, 0.25) is 5.91 Å². The van der Waals surface area contributed by atoms with Crippen molar-refractivity contribution in [3.63, 3.8) is 0 Å². The minimum Gasteiger partial charge on any atom is -0.497 e. The minimum atomic E-state index is -0.925. The maximum Gasteiger partial charge on any atom is 0.305 e. The van der Waals surface area contributed by atoms with E-state index in [1.165, 1.54) is 0 Å². The maximum atomic E-state index is 13.0. The maximum absolute atomic E-state index is 13.0. The van der Waals surface area contributed by atoms with Crippen LogP contribution in [0.1, 0.15) is 24.8 Å². The van der Waals surface area contributed by atoms with E-state index in [-0.39, 0.29) is 24.9 Å². The predicted molar refractivity (Wildman–Crippen MR) is 97.5 cm³/mol. The normalized spacial score (nSPS) is 18.5. The van der Waals surface area contributed by atoms with E-state index in [1.807, 2.05) is 43.3 Å². The lowest BCUT2D eigenvalue weighted by Gasteiger charge is -2.36. The zero-order valence-corrected chi connectivity index (χ0v) is 15.0. The fourth-order valence-electron chi connectivity index (χ4n) is 3.35. The molecule has 1 N–H and O–H groups in total.